The predicted molar refractivity (Wildman–Crippen MR) is 167 cm³/mol. The fourth-order valence-corrected chi connectivity index (χ4v) is 7.30. The van der Waals surface area contributed by atoms with Gasteiger partial charge in [-0.05, 0) is 73.5 Å². The normalized spacial score (nSPS) is 13.6. The Balaban J connectivity index is 1.29. The molecule has 2 nitrogen and oxygen atoms in total. The lowest BCUT2D eigenvalue weighted by molar-refractivity contribution is 0.790. The van der Waals surface area contributed by atoms with Gasteiger partial charge in [-0.25, -0.2) is 0 Å². The molecular weight excluding hydrogens is 496 g/mol. The van der Waals surface area contributed by atoms with Gasteiger partial charge in [0.05, 0.1) is 16.8 Å². The van der Waals surface area contributed by atoms with Crippen LogP contribution in [0.4, 0.5) is 0 Å². The summed E-state index contributed by atoms with van der Waals surface area (Å²) in [6, 6.07) is 48.3. The van der Waals surface area contributed by atoms with Gasteiger partial charge in [-0.1, -0.05) is 115 Å². The largest absolute Gasteiger partial charge is 0.254 e. The maximum Gasteiger partial charge on any atom is 0.0937 e. The Kier molecular flexibility index (Phi) is 4.57. The minimum absolute atomic E-state index is 0.442. The number of fused-ring (bicyclic) bond motifs is 11. The lowest BCUT2D eigenvalue weighted by atomic mass is 9.71. The fourth-order valence-electron chi connectivity index (χ4n) is 7.30. The predicted octanol–water partition coefficient (Wildman–Crippen LogP) is 9.31. The minimum Gasteiger partial charge on any atom is -0.254 e. The maximum atomic E-state index is 5.13. The van der Waals surface area contributed by atoms with Crippen molar-refractivity contribution in [2.75, 3.05) is 0 Å². The van der Waals surface area contributed by atoms with Crippen LogP contribution in [0, 0.1) is 0 Å². The highest BCUT2D eigenvalue weighted by Gasteiger charge is 2.52. The summed E-state index contributed by atoms with van der Waals surface area (Å²) in [4.78, 5) is 10.0. The van der Waals surface area contributed by atoms with Gasteiger partial charge in [0.2, 0.25) is 0 Å². The van der Waals surface area contributed by atoms with Gasteiger partial charge in [-0.15, -0.1) is 0 Å². The summed E-state index contributed by atoms with van der Waals surface area (Å²) in [5, 5.41) is 2.51. The molecular formula is C39H24N2. The Labute approximate surface area is 238 Å². The van der Waals surface area contributed by atoms with Gasteiger partial charge in [0.1, 0.15) is 0 Å². The van der Waals surface area contributed by atoms with Crippen LogP contribution in [0.5, 0.6) is 0 Å². The third kappa shape index (κ3) is 2.97. The van der Waals surface area contributed by atoms with Crippen molar-refractivity contribution in [3.8, 4) is 44.8 Å². The van der Waals surface area contributed by atoms with E-state index in [2.05, 4.69) is 133 Å². The van der Waals surface area contributed by atoms with Crippen molar-refractivity contribution in [3.63, 3.8) is 0 Å². The first-order chi connectivity index (χ1) is 20.3. The summed E-state index contributed by atoms with van der Waals surface area (Å²) in [5.74, 6) is 0. The van der Waals surface area contributed by atoms with Crippen LogP contribution in [-0.4, -0.2) is 9.97 Å². The van der Waals surface area contributed by atoms with Crippen molar-refractivity contribution >= 4 is 10.8 Å². The highest BCUT2D eigenvalue weighted by atomic mass is 14.8. The molecule has 2 aliphatic carbocycles. The number of aromatic nitrogens is 2. The van der Waals surface area contributed by atoms with Gasteiger partial charge in [0.25, 0.3) is 0 Å². The quantitative estimate of drug-likeness (QED) is 0.227. The molecule has 0 N–H and O–H groups in total. The Morgan fingerprint density at radius 3 is 1.90 bits per heavy atom. The monoisotopic (exact) mass is 520 g/mol. The number of hydrogen-bond acceptors (Lipinski definition) is 2. The first-order valence-electron chi connectivity index (χ1n) is 14.1. The van der Waals surface area contributed by atoms with Gasteiger partial charge >= 0.3 is 0 Å². The van der Waals surface area contributed by atoms with Gasteiger partial charge in [-0.3, -0.25) is 9.97 Å². The molecule has 0 radical (unpaired) electrons. The molecule has 2 aromatic heterocycles. The molecule has 1 spiro atoms. The van der Waals surface area contributed by atoms with Crippen molar-refractivity contribution in [1.29, 1.82) is 0 Å². The first-order valence-corrected chi connectivity index (χ1v) is 14.1. The number of hydrogen-bond donors (Lipinski definition) is 0. The zero-order valence-corrected chi connectivity index (χ0v) is 22.3. The molecule has 0 atom stereocenters. The topological polar surface area (TPSA) is 25.8 Å². The van der Waals surface area contributed by atoms with E-state index in [1.807, 2.05) is 12.4 Å². The molecule has 0 fully saturated rings. The molecule has 0 unspecified atom stereocenters. The molecule has 0 aliphatic heterocycles. The molecule has 0 saturated carbocycles. The van der Waals surface area contributed by atoms with E-state index in [9.17, 15) is 0 Å². The number of benzene rings is 5. The van der Waals surface area contributed by atoms with E-state index in [1.54, 1.807) is 0 Å². The standard InChI is InChI=1S/C39H24N2/c1-2-14-29-25(10-1)11-8-17-30(29)27-13-7-12-26(22-27)28-23-36-38(41-24-28)37-35(20-9-21-40-37)39(36)33-18-5-3-15-31(33)32-16-4-6-19-34(32)39/h1-24H. The van der Waals surface area contributed by atoms with E-state index >= 15 is 0 Å². The highest BCUT2D eigenvalue weighted by molar-refractivity contribution is 5.98. The van der Waals surface area contributed by atoms with Gasteiger partial charge < -0.3 is 0 Å². The second-order valence-corrected chi connectivity index (χ2v) is 11.0. The SMILES string of the molecule is c1cc(-c2cnc3c(c2)C2(c4ccccc4-c4ccccc42)c2cccnc2-3)cc(-c2cccc3ccccc23)c1. The third-order valence-electron chi connectivity index (χ3n) is 8.98. The van der Waals surface area contributed by atoms with Crippen LogP contribution in [0.1, 0.15) is 22.3 Å². The lowest BCUT2D eigenvalue weighted by Crippen LogP contribution is -2.26. The Hall–Kier alpha value is -5.34. The van der Waals surface area contributed by atoms with Crippen LogP contribution in [0.2, 0.25) is 0 Å². The summed E-state index contributed by atoms with van der Waals surface area (Å²) in [5.41, 5.74) is 13.8. The average Bonchev–Trinajstić information content (AvgIpc) is 3.52. The van der Waals surface area contributed by atoms with Crippen molar-refractivity contribution < 1.29 is 0 Å². The van der Waals surface area contributed by atoms with Crippen LogP contribution < -0.4 is 0 Å². The molecule has 7 aromatic rings. The van der Waals surface area contributed by atoms with E-state index in [1.165, 1.54) is 55.3 Å². The summed E-state index contributed by atoms with van der Waals surface area (Å²) >= 11 is 0. The molecule has 2 heterocycles. The molecule has 9 rings (SSSR count). The van der Waals surface area contributed by atoms with E-state index in [0.29, 0.717) is 0 Å². The highest BCUT2D eigenvalue weighted by Crippen LogP contribution is 2.62. The molecule has 41 heavy (non-hydrogen) atoms. The van der Waals surface area contributed by atoms with Crippen molar-refractivity contribution in [2.45, 2.75) is 5.41 Å². The maximum absolute atomic E-state index is 5.13. The van der Waals surface area contributed by atoms with E-state index in [0.717, 1.165) is 22.5 Å². The van der Waals surface area contributed by atoms with Gasteiger partial charge in [-0.2, -0.15) is 0 Å². The van der Waals surface area contributed by atoms with Crippen LogP contribution in [0.15, 0.2) is 146 Å². The Bertz CT molecular complexity index is 2110. The molecule has 5 aromatic carbocycles. The zero-order valence-electron chi connectivity index (χ0n) is 22.3. The lowest BCUT2D eigenvalue weighted by Gasteiger charge is -2.30. The number of pyridine rings is 2. The van der Waals surface area contributed by atoms with Crippen LogP contribution in [-0.2, 0) is 5.41 Å². The molecule has 0 amide bonds. The average molecular weight is 521 g/mol. The smallest absolute Gasteiger partial charge is 0.0937 e. The van der Waals surface area contributed by atoms with Crippen molar-refractivity contribution in [2.24, 2.45) is 0 Å². The molecule has 0 saturated heterocycles. The summed E-state index contributed by atoms with van der Waals surface area (Å²) in [7, 11) is 0. The van der Waals surface area contributed by atoms with Crippen LogP contribution in [0.25, 0.3) is 55.5 Å². The zero-order chi connectivity index (χ0) is 27.0. The molecule has 2 heteroatoms. The minimum atomic E-state index is -0.442. The van der Waals surface area contributed by atoms with Gasteiger partial charge in [0.15, 0.2) is 0 Å². The summed E-state index contributed by atoms with van der Waals surface area (Å²) in [6.45, 7) is 0. The van der Waals surface area contributed by atoms with E-state index in [4.69, 9.17) is 9.97 Å². The summed E-state index contributed by atoms with van der Waals surface area (Å²) in [6.07, 6.45) is 3.91. The first kappa shape index (κ1) is 22.5. The molecule has 190 valence electrons. The second-order valence-electron chi connectivity index (χ2n) is 11.0. The fraction of sp³-hybridized carbons (Fsp3) is 0.0256. The number of nitrogens with zero attached hydrogens (tertiary/aromatic N) is 2. The Morgan fingerprint density at radius 1 is 0.415 bits per heavy atom. The molecule has 2 aliphatic rings. The number of rotatable bonds is 2. The van der Waals surface area contributed by atoms with Crippen LogP contribution in [0.3, 0.4) is 0 Å². The van der Waals surface area contributed by atoms with Crippen LogP contribution >= 0.6 is 0 Å². The summed E-state index contributed by atoms with van der Waals surface area (Å²) < 4.78 is 0. The second kappa shape index (κ2) is 8.33. The van der Waals surface area contributed by atoms with E-state index < -0.39 is 5.41 Å². The van der Waals surface area contributed by atoms with E-state index in [-0.39, 0.29) is 0 Å². The van der Waals surface area contributed by atoms with Crippen molar-refractivity contribution in [3.05, 3.63) is 168 Å². The third-order valence-corrected chi connectivity index (χ3v) is 8.98. The van der Waals surface area contributed by atoms with Crippen molar-refractivity contribution in [1.82, 2.24) is 9.97 Å². The Morgan fingerprint density at radius 2 is 1.05 bits per heavy atom. The molecule has 0 bridgehead atoms. The van der Waals surface area contributed by atoms with Gasteiger partial charge in [0, 0.05) is 23.5 Å².